The molecule has 4 aliphatic carbocycles. The van der Waals surface area contributed by atoms with Crippen molar-refractivity contribution in [1.29, 1.82) is 0 Å². The van der Waals surface area contributed by atoms with Crippen LogP contribution < -0.4 is 5.32 Å². The van der Waals surface area contributed by atoms with Crippen LogP contribution in [0.3, 0.4) is 0 Å². The van der Waals surface area contributed by atoms with Gasteiger partial charge in [-0.1, -0.05) is 52.3 Å². The molecule has 0 aromatic rings. The van der Waals surface area contributed by atoms with E-state index in [0.717, 1.165) is 50.5 Å². The summed E-state index contributed by atoms with van der Waals surface area (Å²) in [6.07, 6.45) is 9.82. The average Bonchev–Trinajstić information content (AvgIpc) is 2.85. The van der Waals surface area contributed by atoms with E-state index in [2.05, 4.69) is 53.4 Å². The van der Waals surface area contributed by atoms with E-state index in [1.165, 1.54) is 5.57 Å². The third-order valence-electron chi connectivity index (χ3n) is 12.6. The molecule has 0 aromatic carbocycles. The minimum absolute atomic E-state index is 0.106. The highest BCUT2D eigenvalue weighted by atomic mass is 16.5. The first-order valence-corrected chi connectivity index (χ1v) is 15.9. The first-order chi connectivity index (χ1) is 18.5. The second-order valence-electron chi connectivity index (χ2n) is 15.5. The van der Waals surface area contributed by atoms with Crippen molar-refractivity contribution in [3.05, 3.63) is 23.8 Å². The summed E-state index contributed by atoms with van der Waals surface area (Å²) >= 11 is 0. The van der Waals surface area contributed by atoms with Crippen molar-refractivity contribution < 1.29 is 19.1 Å². The molecular weight excluding hydrogens is 498 g/mol. The standard InChI is InChI=1S/C35H55NO4/c1-11-40-28(38)13-14-33(8)24(22(2)3)12-15-35(10)29(33)27(37)20-25-26-21-32(7,30(39)36-23(4)5)17-16-31(26,6)18-19-34(25,35)9/h20,23-24,26,29H,2,11-19,21H2,1,3-10H3,(H,36,39)/t24-,26-,29+,31+,32-,33-,34+,35+/m0/s1. The Morgan fingerprint density at radius 3 is 2.33 bits per heavy atom. The van der Waals surface area contributed by atoms with Crippen LogP contribution in [0.5, 0.6) is 0 Å². The van der Waals surface area contributed by atoms with E-state index in [1.807, 2.05) is 26.8 Å². The van der Waals surface area contributed by atoms with E-state index in [1.54, 1.807) is 0 Å². The molecule has 5 nitrogen and oxygen atoms in total. The number of rotatable bonds is 7. The predicted molar refractivity (Wildman–Crippen MR) is 160 cm³/mol. The van der Waals surface area contributed by atoms with E-state index in [-0.39, 0.29) is 63.1 Å². The molecule has 0 bridgehead atoms. The van der Waals surface area contributed by atoms with Crippen LogP contribution in [0.15, 0.2) is 23.8 Å². The molecule has 224 valence electrons. The lowest BCUT2D eigenvalue weighted by Gasteiger charge is -2.68. The van der Waals surface area contributed by atoms with Gasteiger partial charge in [0.1, 0.15) is 0 Å². The molecule has 1 N–H and O–H groups in total. The van der Waals surface area contributed by atoms with Gasteiger partial charge in [-0.15, -0.1) is 0 Å². The molecule has 0 spiro atoms. The van der Waals surface area contributed by atoms with Crippen LogP contribution in [0.25, 0.3) is 0 Å². The van der Waals surface area contributed by atoms with Crippen molar-refractivity contribution in [3.8, 4) is 0 Å². The smallest absolute Gasteiger partial charge is 0.305 e. The molecule has 1 amide bonds. The summed E-state index contributed by atoms with van der Waals surface area (Å²) < 4.78 is 5.31. The molecule has 4 rings (SSSR count). The Hall–Kier alpha value is -1.91. The maximum Gasteiger partial charge on any atom is 0.305 e. The number of allylic oxidation sites excluding steroid dienone is 3. The number of hydrogen-bond donors (Lipinski definition) is 1. The lowest BCUT2D eigenvalue weighted by molar-refractivity contribution is -0.165. The van der Waals surface area contributed by atoms with Gasteiger partial charge in [-0.3, -0.25) is 14.4 Å². The number of nitrogens with one attached hydrogen (secondary N) is 1. The number of fused-ring (bicyclic) bond motifs is 5. The summed E-state index contributed by atoms with van der Waals surface area (Å²) in [7, 11) is 0. The molecule has 3 fully saturated rings. The monoisotopic (exact) mass is 553 g/mol. The Kier molecular flexibility index (Phi) is 8.08. The van der Waals surface area contributed by atoms with Gasteiger partial charge >= 0.3 is 5.97 Å². The maximum absolute atomic E-state index is 14.5. The minimum Gasteiger partial charge on any atom is -0.466 e. The lowest BCUT2D eigenvalue weighted by atomic mass is 9.35. The van der Waals surface area contributed by atoms with E-state index in [4.69, 9.17) is 4.74 Å². The molecule has 5 heteroatoms. The molecule has 0 aromatic heterocycles. The van der Waals surface area contributed by atoms with Crippen LogP contribution in [0, 0.1) is 44.8 Å². The van der Waals surface area contributed by atoms with Gasteiger partial charge in [-0.25, -0.2) is 0 Å². The van der Waals surface area contributed by atoms with Crippen molar-refractivity contribution in [2.45, 2.75) is 126 Å². The molecule has 0 heterocycles. The molecule has 40 heavy (non-hydrogen) atoms. The summed E-state index contributed by atoms with van der Waals surface area (Å²) in [5.41, 5.74) is 1.36. The minimum atomic E-state index is -0.430. The van der Waals surface area contributed by atoms with Gasteiger partial charge < -0.3 is 10.1 Å². The number of carbonyl (C=O) groups is 3. The van der Waals surface area contributed by atoms with Gasteiger partial charge in [-0.05, 0) is 119 Å². The quantitative estimate of drug-likeness (QED) is 0.260. The van der Waals surface area contributed by atoms with E-state index in [9.17, 15) is 14.4 Å². The number of ketones is 1. The Labute approximate surface area is 243 Å². The van der Waals surface area contributed by atoms with Crippen LogP contribution in [0.4, 0.5) is 0 Å². The molecular formula is C35H55NO4. The molecule has 0 unspecified atom stereocenters. The highest BCUT2D eigenvalue weighted by molar-refractivity contribution is 5.96. The second kappa shape index (κ2) is 10.4. The summed E-state index contributed by atoms with van der Waals surface area (Å²) in [5.74, 6) is 0.412. The second-order valence-corrected chi connectivity index (χ2v) is 15.5. The third-order valence-corrected chi connectivity index (χ3v) is 12.6. The topological polar surface area (TPSA) is 72.5 Å². The highest BCUT2D eigenvalue weighted by Crippen LogP contribution is 2.73. The summed E-state index contributed by atoms with van der Waals surface area (Å²) in [4.78, 5) is 40.4. The molecule has 0 radical (unpaired) electrons. The summed E-state index contributed by atoms with van der Waals surface area (Å²) in [6, 6.07) is 0.111. The fourth-order valence-electron chi connectivity index (χ4n) is 9.95. The predicted octanol–water partition coefficient (Wildman–Crippen LogP) is 7.59. The van der Waals surface area contributed by atoms with Crippen molar-refractivity contribution in [1.82, 2.24) is 5.32 Å². The third kappa shape index (κ3) is 4.71. The fraction of sp³-hybridized carbons (Fsp3) is 0.800. The highest BCUT2D eigenvalue weighted by Gasteiger charge is 2.68. The zero-order valence-electron chi connectivity index (χ0n) is 26.8. The van der Waals surface area contributed by atoms with Crippen LogP contribution >= 0.6 is 0 Å². The number of carbonyl (C=O) groups excluding carboxylic acids is 3. The van der Waals surface area contributed by atoms with E-state index in [0.29, 0.717) is 19.4 Å². The Balaban J connectivity index is 1.78. The molecule has 8 atom stereocenters. The van der Waals surface area contributed by atoms with Crippen molar-refractivity contribution in [3.63, 3.8) is 0 Å². The molecule has 4 aliphatic rings. The van der Waals surface area contributed by atoms with Gasteiger partial charge in [0.05, 0.1) is 6.61 Å². The fourth-order valence-corrected chi connectivity index (χ4v) is 9.95. The largest absolute Gasteiger partial charge is 0.466 e. The average molecular weight is 554 g/mol. The first-order valence-electron chi connectivity index (χ1n) is 15.9. The van der Waals surface area contributed by atoms with E-state index >= 15 is 0 Å². The Bertz CT molecular complexity index is 1110. The van der Waals surface area contributed by atoms with Crippen LogP contribution in [0.2, 0.25) is 0 Å². The van der Waals surface area contributed by atoms with Crippen LogP contribution in [0.1, 0.15) is 120 Å². The number of hydrogen-bond acceptors (Lipinski definition) is 4. The van der Waals surface area contributed by atoms with Gasteiger partial charge in [0, 0.05) is 23.8 Å². The molecule has 0 saturated heterocycles. The first kappa shape index (κ1) is 31.0. The van der Waals surface area contributed by atoms with Crippen molar-refractivity contribution >= 4 is 17.7 Å². The Morgan fingerprint density at radius 1 is 1.07 bits per heavy atom. The zero-order valence-corrected chi connectivity index (χ0v) is 26.8. The van der Waals surface area contributed by atoms with Gasteiger partial charge in [-0.2, -0.15) is 0 Å². The van der Waals surface area contributed by atoms with E-state index < -0.39 is 5.41 Å². The number of ether oxygens (including phenoxy) is 1. The molecule has 0 aliphatic heterocycles. The lowest BCUT2D eigenvalue weighted by Crippen LogP contribution is -2.63. The van der Waals surface area contributed by atoms with Gasteiger partial charge in [0.2, 0.25) is 5.91 Å². The summed E-state index contributed by atoms with van der Waals surface area (Å²) in [5, 5.41) is 3.19. The van der Waals surface area contributed by atoms with Gasteiger partial charge in [0.25, 0.3) is 0 Å². The van der Waals surface area contributed by atoms with Crippen molar-refractivity contribution in [2.24, 2.45) is 44.8 Å². The van der Waals surface area contributed by atoms with Crippen LogP contribution in [-0.4, -0.2) is 30.3 Å². The van der Waals surface area contributed by atoms with Crippen LogP contribution in [-0.2, 0) is 19.1 Å². The SMILES string of the molecule is C=C(C)[C@@H]1CC[C@]2(C)[C@H](C(=O)C=C3[C@@H]4C[C@@](C)(C(=O)NC(C)C)CC[C@]4(C)CC[C@]32C)[C@@]1(C)CCC(=O)OCC. The normalized spacial score (nSPS) is 42.7. The maximum atomic E-state index is 14.5. The van der Waals surface area contributed by atoms with Gasteiger partial charge in [0.15, 0.2) is 5.78 Å². The number of amides is 1. The zero-order chi connectivity index (χ0) is 29.9. The molecule has 3 saturated carbocycles. The number of esters is 1. The van der Waals surface area contributed by atoms with Crippen molar-refractivity contribution in [2.75, 3.05) is 6.61 Å². The Morgan fingerprint density at radius 2 is 1.73 bits per heavy atom. The summed E-state index contributed by atoms with van der Waals surface area (Å²) in [6.45, 7) is 24.3.